The summed E-state index contributed by atoms with van der Waals surface area (Å²) in [5.74, 6) is -0.982. The number of aromatic nitrogens is 1. The highest BCUT2D eigenvalue weighted by Crippen LogP contribution is 2.43. The van der Waals surface area contributed by atoms with Crippen LogP contribution in [0.4, 0.5) is 0 Å². The molecule has 1 aliphatic carbocycles. The molecule has 0 spiro atoms. The van der Waals surface area contributed by atoms with Gasteiger partial charge in [0.15, 0.2) is 11.5 Å². The molecule has 2 aliphatic rings. The van der Waals surface area contributed by atoms with Gasteiger partial charge in [0.25, 0.3) is 5.91 Å². The van der Waals surface area contributed by atoms with E-state index in [1.54, 1.807) is 53.1 Å². The molecule has 0 atom stereocenters. The topological polar surface area (TPSA) is 79.6 Å². The van der Waals surface area contributed by atoms with Gasteiger partial charge in [0.2, 0.25) is 5.78 Å². The third-order valence-electron chi connectivity index (χ3n) is 6.35. The van der Waals surface area contributed by atoms with Crippen LogP contribution in [0.2, 0.25) is 0 Å². The maximum absolute atomic E-state index is 13.4. The summed E-state index contributed by atoms with van der Waals surface area (Å²) in [6, 6.07) is 13.8. The van der Waals surface area contributed by atoms with Gasteiger partial charge in [0.05, 0.1) is 11.3 Å². The molecule has 6 heteroatoms. The number of carbonyl (C=O) groups excluding carboxylic acids is 3. The van der Waals surface area contributed by atoms with E-state index in [-0.39, 0.29) is 34.5 Å². The molecule has 162 valence electrons. The Labute approximate surface area is 186 Å². The molecule has 5 rings (SSSR count). The Bertz CT molecular complexity index is 1260. The number of fused-ring (bicyclic) bond motifs is 2. The molecule has 1 amide bonds. The van der Waals surface area contributed by atoms with Crippen molar-refractivity contribution in [2.24, 2.45) is 0 Å². The van der Waals surface area contributed by atoms with Crippen LogP contribution in [-0.2, 0) is 6.54 Å². The Morgan fingerprint density at radius 1 is 0.875 bits per heavy atom. The maximum atomic E-state index is 13.4. The van der Waals surface area contributed by atoms with Crippen molar-refractivity contribution < 1.29 is 19.5 Å². The number of hydrogen-bond acceptors (Lipinski definition) is 4. The van der Waals surface area contributed by atoms with Gasteiger partial charge in [0, 0.05) is 41.9 Å². The quantitative estimate of drug-likeness (QED) is 0.526. The zero-order valence-corrected chi connectivity index (χ0v) is 17.9. The molecule has 32 heavy (non-hydrogen) atoms. The van der Waals surface area contributed by atoms with Gasteiger partial charge in [0.1, 0.15) is 5.69 Å². The van der Waals surface area contributed by atoms with Gasteiger partial charge in [-0.15, -0.1) is 0 Å². The number of rotatable bonds is 4. The fraction of sp³-hybridized carbons (Fsp3) is 0.269. The maximum Gasteiger partial charge on any atom is 0.254 e. The van der Waals surface area contributed by atoms with Crippen LogP contribution in [-0.4, -0.2) is 45.1 Å². The normalized spacial score (nSPS) is 15.1. The van der Waals surface area contributed by atoms with Crippen molar-refractivity contribution >= 4 is 17.5 Å². The molecule has 1 aromatic heterocycles. The Kier molecular flexibility index (Phi) is 4.93. The Morgan fingerprint density at radius 3 is 2.12 bits per heavy atom. The van der Waals surface area contributed by atoms with E-state index in [2.05, 4.69) is 0 Å². The van der Waals surface area contributed by atoms with Crippen molar-refractivity contribution in [2.45, 2.75) is 32.7 Å². The van der Waals surface area contributed by atoms with E-state index in [9.17, 15) is 19.5 Å². The van der Waals surface area contributed by atoms with E-state index < -0.39 is 0 Å². The summed E-state index contributed by atoms with van der Waals surface area (Å²) in [6.45, 7) is 3.82. The molecule has 0 saturated carbocycles. The number of hydrogen-bond donors (Lipinski definition) is 1. The van der Waals surface area contributed by atoms with Crippen molar-refractivity contribution in [2.75, 3.05) is 13.1 Å². The molecule has 2 heterocycles. The minimum atomic E-state index is -0.368. The SMILES string of the molecule is CCCn1c2c(c(O)c1-c1ccccc1C(=O)N1CCCC1)C(=O)c1ccccc1C2=O. The standard InChI is InChI=1S/C26H24N2O4/c1-2-13-28-21(16-9-3-6-12-19(16)26(32)27-14-7-8-15-27)25(31)20-22(28)24(30)18-11-5-4-10-17(18)23(20)29/h3-6,9-12,31H,2,7-8,13-15H2,1H3. The van der Waals surface area contributed by atoms with E-state index in [1.165, 1.54) is 0 Å². The number of aromatic hydroxyl groups is 1. The lowest BCUT2D eigenvalue weighted by Crippen LogP contribution is -2.28. The average Bonchev–Trinajstić information content (AvgIpc) is 3.44. The van der Waals surface area contributed by atoms with Crippen molar-refractivity contribution in [3.63, 3.8) is 0 Å². The van der Waals surface area contributed by atoms with Gasteiger partial charge >= 0.3 is 0 Å². The Balaban J connectivity index is 1.75. The average molecular weight is 428 g/mol. The number of amides is 1. The molecular weight excluding hydrogens is 404 g/mol. The Morgan fingerprint density at radius 2 is 1.47 bits per heavy atom. The van der Waals surface area contributed by atoms with E-state index in [1.807, 2.05) is 11.8 Å². The third kappa shape index (κ3) is 2.90. The number of likely N-dealkylation sites (tertiary alicyclic amines) is 1. The largest absolute Gasteiger partial charge is 0.505 e. The summed E-state index contributed by atoms with van der Waals surface area (Å²) in [7, 11) is 0. The predicted molar refractivity (Wildman–Crippen MR) is 120 cm³/mol. The fourth-order valence-electron chi connectivity index (χ4n) is 4.88. The smallest absolute Gasteiger partial charge is 0.254 e. The van der Waals surface area contributed by atoms with Gasteiger partial charge in [-0.1, -0.05) is 49.4 Å². The first-order chi connectivity index (χ1) is 15.5. The Hall–Kier alpha value is -3.67. The zero-order valence-electron chi connectivity index (χ0n) is 17.9. The number of carbonyl (C=O) groups is 3. The molecule has 1 aliphatic heterocycles. The number of benzene rings is 2. The molecule has 1 N–H and O–H groups in total. The van der Waals surface area contributed by atoms with Crippen LogP contribution in [0.15, 0.2) is 48.5 Å². The van der Waals surface area contributed by atoms with Crippen molar-refractivity contribution in [1.82, 2.24) is 9.47 Å². The van der Waals surface area contributed by atoms with Crippen LogP contribution in [0.3, 0.4) is 0 Å². The second-order valence-corrected chi connectivity index (χ2v) is 8.32. The number of ketones is 2. The summed E-state index contributed by atoms with van der Waals surface area (Å²) in [5.41, 5.74) is 2.22. The minimum absolute atomic E-state index is 0.0283. The summed E-state index contributed by atoms with van der Waals surface area (Å²) in [5, 5.41) is 11.3. The highest BCUT2D eigenvalue weighted by molar-refractivity contribution is 6.29. The highest BCUT2D eigenvalue weighted by Gasteiger charge is 2.39. The third-order valence-corrected chi connectivity index (χ3v) is 6.35. The lowest BCUT2D eigenvalue weighted by molar-refractivity contribution is 0.0793. The van der Waals surface area contributed by atoms with Gasteiger partial charge in [-0.25, -0.2) is 0 Å². The summed E-state index contributed by atoms with van der Waals surface area (Å²) in [4.78, 5) is 41.8. The van der Waals surface area contributed by atoms with Crippen LogP contribution < -0.4 is 0 Å². The second-order valence-electron chi connectivity index (χ2n) is 8.32. The molecular formula is C26H24N2O4. The first-order valence-electron chi connectivity index (χ1n) is 11.1. The molecule has 0 unspecified atom stereocenters. The van der Waals surface area contributed by atoms with E-state index in [4.69, 9.17) is 0 Å². The van der Waals surface area contributed by atoms with Crippen molar-refractivity contribution in [1.29, 1.82) is 0 Å². The van der Waals surface area contributed by atoms with E-state index >= 15 is 0 Å². The van der Waals surface area contributed by atoms with Crippen LogP contribution >= 0.6 is 0 Å². The molecule has 6 nitrogen and oxygen atoms in total. The molecule has 0 bridgehead atoms. The molecule has 2 aromatic carbocycles. The van der Waals surface area contributed by atoms with Crippen LogP contribution in [0, 0.1) is 0 Å². The van der Waals surface area contributed by atoms with Crippen LogP contribution in [0.1, 0.15) is 68.5 Å². The molecule has 1 saturated heterocycles. The van der Waals surface area contributed by atoms with Gasteiger partial charge in [-0.2, -0.15) is 0 Å². The lowest BCUT2D eigenvalue weighted by Gasteiger charge is -2.19. The van der Waals surface area contributed by atoms with Crippen molar-refractivity contribution in [3.8, 4) is 17.0 Å². The molecule has 0 radical (unpaired) electrons. The van der Waals surface area contributed by atoms with Crippen LogP contribution in [0.25, 0.3) is 11.3 Å². The summed E-state index contributed by atoms with van der Waals surface area (Å²) >= 11 is 0. The highest BCUT2D eigenvalue weighted by atomic mass is 16.3. The van der Waals surface area contributed by atoms with Gasteiger partial charge in [-0.05, 0) is 25.3 Å². The fourth-order valence-corrected chi connectivity index (χ4v) is 4.88. The van der Waals surface area contributed by atoms with Crippen LogP contribution in [0.5, 0.6) is 5.75 Å². The van der Waals surface area contributed by atoms with E-state index in [0.29, 0.717) is 54.0 Å². The first-order valence-corrected chi connectivity index (χ1v) is 11.1. The van der Waals surface area contributed by atoms with Crippen molar-refractivity contribution in [3.05, 3.63) is 76.5 Å². The minimum Gasteiger partial charge on any atom is -0.505 e. The molecule has 3 aromatic rings. The van der Waals surface area contributed by atoms with Gasteiger partial charge < -0.3 is 14.6 Å². The monoisotopic (exact) mass is 428 g/mol. The zero-order chi connectivity index (χ0) is 22.4. The van der Waals surface area contributed by atoms with E-state index in [0.717, 1.165) is 12.8 Å². The second kappa shape index (κ2) is 7.79. The molecule has 1 fully saturated rings. The predicted octanol–water partition coefficient (Wildman–Crippen LogP) is 4.28. The summed E-state index contributed by atoms with van der Waals surface area (Å²) in [6.07, 6.45) is 2.64. The first kappa shape index (κ1) is 20.2. The lowest BCUT2D eigenvalue weighted by atomic mass is 9.87. The number of nitrogens with zero attached hydrogens (tertiary/aromatic N) is 2. The van der Waals surface area contributed by atoms with Gasteiger partial charge in [-0.3, -0.25) is 14.4 Å². The summed E-state index contributed by atoms with van der Waals surface area (Å²) < 4.78 is 1.72.